The Morgan fingerprint density at radius 1 is 1.19 bits per heavy atom. The zero-order valence-electron chi connectivity index (χ0n) is 15.1. The third kappa shape index (κ3) is 4.09. The first-order valence-electron chi connectivity index (χ1n) is 9.24. The Morgan fingerprint density at radius 2 is 2.04 bits per heavy atom. The molecule has 2 aromatic heterocycles. The van der Waals surface area contributed by atoms with Gasteiger partial charge in [-0.1, -0.05) is 18.2 Å². The summed E-state index contributed by atoms with van der Waals surface area (Å²) in [4.78, 5) is 13.5. The lowest BCUT2D eigenvalue weighted by Crippen LogP contribution is -2.34. The van der Waals surface area contributed by atoms with Crippen molar-refractivity contribution in [2.45, 2.75) is 31.8 Å². The largest absolute Gasteiger partial charge is 0.480 e. The maximum absolute atomic E-state index is 11.0. The molecule has 0 saturated carbocycles. The quantitative estimate of drug-likeness (QED) is 0.726. The van der Waals surface area contributed by atoms with E-state index in [0.717, 1.165) is 43.9 Å². The van der Waals surface area contributed by atoms with Gasteiger partial charge in [0.2, 0.25) is 0 Å². The van der Waals surface area contributed by atoms with Gasteiger partial charge in [-0.3, -0.25) is 14.4 Å². The second-order valence-electron chi connectivity index (χ2n) is 7.01. The number of aromatic nitrogens is 4. The highest BCUT2D eigenvalue weighted by molar-refractivity contribution is 5.66. The number of benzene rings is 1. The SMILES string of the molecule is O=C(O)Cn1nccc1[C@@H]1CCCN(Cc2cnn(-c3ccccc3)c2)C1. The maximum atomic E-state index is 11.0. The summed E-state index contributed by atoms with van der Waals surface area (Å²) < 4.78 is 3.52. The number of carboxylic acid groups (broad SMARTS) is 1. The minimum atomic E-state index is -0.860. The predicted molar refractivity (Wildman–Crippen MR) is 101 cm³/mol. The molecule has 0 amide bonds. The Hall–Kier alpha value is -2.93. The van der Waals surface area contributed by atoms with E-state index in [-0.39, 0.29) is 6.54 Å². The molecule has 0 radical (unpaired) electrons. The number of nitrogens with zero attached hydrogens (tertiary/aromatic N) is 5. The monoisotopic (exact) mass is 365 g/mol. The molecule has 27 heavy (non-hydrogen) atoms. The summed E-state index contributed by atoms with van der Waals surface area (Å²) >= 11 is 0. The first kappa shape index (κ1) is 17.5. The van der Waals surface area contributed by atoms with Gasteiger partial charge in [-0.25, -0.2) is 4.68 Å². The Labute approximate surface area is 157 Å². The molecule has 1 N–H and O–H groups in total. The van der Waals surface area contributed by atoms with E-state index < -0.39 is 5.97 Å². The maximum Gasteiger partial charge on any atom is 0.325 e. The number of hydrogen-bond acceptors (Lipinski definition) is 4. The number of rotatable bonds is 6. The van der Waals surface area contributed by atoms with E-state index >= 15 is 0 Å². The van der Waals surface area contributed by atoms with Gasteiger partial charge in [0.1, 0.15) is 6.54 Å². The number of aliphatic carboxylic acids is 1. The van der Waals surface area contributed by atoms with Crippen molar-refractivity contribution in [1.82, 2.24) is 24.5 Å². The van der Waals surface area contributed by atoms with Crippen LogP contribution < -0.4 is 0 Å². The first-order valence-corrected chi connectivity index (χ1v) is 9.24. The van der Waals surface area contributed by atoms with Crippen LogP contribution in [0, 0.1) is 0 Å². The number of carboxylic acids is 1. The van der Waals surface area contributed by atoms with E-state index in [1.54, 1.807) is 10.9 Å². The van der Waals surface area contributed by atoms with Crippen molar-refractivity contribution in [3.8, 4) is 5.69 Å². The molecule has 0 spiro atoms. The minimum absolute atomic E-state index is 0.0807. The third-order valence-electron chi connectivity index (χ3n) is 5.02. The summed E-state index contributed by atoms with van der Waals surface area (Å²) in [6.45, 7) is 2.71. The van der Waals surface area contributed by atoms with Crippen LogP contribution in [-0.2, 0) is 17.9 Å². The van der Waals surface area contributed by atoms with Crippen LogP contribution in [0.3, 0.4) is 0 Å². The fourth-order valence-electron chi connectivity index (χ4n) is 3.81. The molecule has 1 aromatic carbocycles. The fourth-order valence-corrected chi connectivity index (χ4v) is 3.81. The van der Waals surface area contributed by atoms with Gasteiger partial charge in [0.25, 0.3) is 0 Å². The Balaban J connectivity index is 1.43. The summed E-state index contributed by atoms with van der Waals surface area (Å²) in [7, 11) is 0. The van der Waals surface area contributed by atoms with Crippen LogP contribution in [0.25, 0.3) is 5.69 Å². The lowest BCUT2D eigenvalue weighted by Gasteiger charge is -2.32. The van der Waals surface area contributed by atoms with Gasteiger partial charge in [-0.2, -0.15) is 10.2 Å². The van der Waals surface area contributed by atoms with Crippen LogP contribution in [0.4, 0.5) is 0 Å². The molecule has 1 atom stereocenters. The van der Waals surface area contributed by atoms with E-state index in [4.69, 9.17) is 5.11 Å². The second kappa shape index (κ2) is 7.75. The fraction of sp³-hybridized carbons (Fsp3) is 0.350. The first-order chi connectivity index (χ1) is 13.2. The minimum Gasteiger partial charge on any atom is -0.480 e. The Kier molecular flexibility index (Phi) is 5.02. The molecule has 7 nitrogen and oxygen atoms in total. The van der Waals surface area contributed by atoms with Gasteiger partial charge in [-0.05, 0) is 37.6 Å². The van der Waals surface area contributed by atoms with Crippen LogP contribution in [0.2, 0.25) is 0 Å². The summed E-state index contributed by atoms with van der Waals surface area (Å²) in [6, 6.07) is 12.0. The van der Waals surface area contributed by atoms with Gasteiger partial charge in [-0.15, -0.1) is 0 Å². The van der Waals surface area contributed by atoms with Gasteiger partial charge in [0.05, 0.1) is 11.9 Å². The highest BCUT2D eigenvalue weighted by Crippen LogP contribution is 2.27. The number of para-hydroxylation sites is 1. The zero-order chi connectivity index (χ0) is 18.6. The van der Waals surface area contributed by atoms with Crippen molar-refractivity contribution in [2.75, 3.05) is 13.1 Å². The molecule has 0 unspecified atom stereocenters. The Morgan fingerprint density at radius 3 is 2.85 bits per heavy atom. The number of carbonyl (C=O) groups is 1. The van der Waals surface area contributed by atoms with Gasteiger partial charge in [0, 0.05) is 42.7 Å². The topological polar surface area (TPSA) is 76.2 Å². The lowest BCUT2D eigenvalue weighted by molar-refractivity contribution is -0.137. The van der Waals surface area contributed by atoms with Crippen molar-refractivity contribution in [3.05, 3.63) is 66.2 Å². The third-order valence-corrected chi connectivity index (χ3v) is 5.02. The standard InChI is InChI=1S/C20H23N5O2/c26-20(27)15-25-19(8-9-21-25)17-5-4-10-23(14-17)12-16-11-22-24(13-16)18-6-2-1-3-7-18/h1-3,6-9,11,13,17H,4-5,10,12,14-15H2,(H,26,27)/t17-/m1/s1. The highest BCUT2D eigenvalue weighted by Gasteiger charge is 2.24. The van der Waals surface area contributed by atoms with E-state index in [0.29, 0.717) is 5.92 Å². The molecule has 1 fully saturated rings. The lowest BCUT2D eigenvalue weighted by atomic mass is 9.94. The average Bonchev–Trinajstić information content (AvgIpc) is 3.32. The van der Waals surface area contributed by atoms with Crippen molar-refractivity contribution in [2.24, 2.45) is 0 Å². The smallest absolute Gasteiger partial charge is 0.325 e. The number of likely N-dealkylation sites (tertiary alicyclic amines) is 1. The van der Waals surface area contributed by atoms with Crippen molar-refractivity contribution >= 4 is 5.97 Å². The van der Waals surface area contributed by atoms with E-state index in [1.807, 2.05) is 47.3 Å². The van der Waals surface area contributed by atoms with Crippen LogP contribution in [-0.4, -0.2) is 48.6 Å². The molecule has 4 rings (SSSR count). The molecule has 1 aliphatic rings. The molecule has 140 valence electrons. The summed E-state index contributed by atoms with van der Waals surface area (Å²) in [5.74, 6) is -0.550. The summed E-state index contributed by atoms with van der Waals surface area (Å²) in [5, 5.41) is 17.7. The normalized spacial score (nSPS) is 17.9. The molecule has 1 aliphatic heterocycles. The summed E-state index contributed by atoms with van der Waals surface area (Å²) in [5.41, 5.74) is 3.25. The van der Waals surface area contributed by atoms with Crippen molar-refractivity contribution < 1.29 is 9.90 Å². The molecule has 3 heterocycles. The second-order valence-corrected chi connectivity index (χ2v) is 7.01. The molecule has 1 saturated heterocycles. The number of piperidine rings is 1. The van der Waals surface area contributed by atoms with Crippen LogP contribution in [0.1, 0.15) is 30.0 Å². The van der Waals surface area contributed by atoms with Crippen LogP contribution in [0.5, 0.6) is 0 Å². The van der Waals surface area contributed by atoms with Crippen LogP contribution >= 0.6 is 0 Å². The summed E-state index contributed by atoms with van der Waals surface area (Å²) in [6.07, 6.45) is 7.85. The van der Waals surface area contributed by atoms with Crippen molar-refractivity contribution in [3.63, 3.8) is 0 Å². The van der Waals surface area contributed by atoms with E-state index in [1.165, 1.54) is 5.56 Å². The molecule has 7 heteroatoms. The van der Waals surface area contributed by atoms with Gasteiger partial charge < -0.3 is 5.11 Å². The highest BCUT2D eigenvalue weighted by atomic mass is 16.4. The Bertz CT molecular complexity index is 902. The molecular weight excluding hydrogens is 342 g/mol. The van der Waals surface area contributed by atoms with Crippen LogP contribution in [0.15, 0.2) is 55.0 Å². The van der Waals surface area contributed by atoms with Crippen molar-refractivity contribution in [1.29, 1.82) is 0 Å². The molecular formula is C20H23N5O2. The van der Waals surface area contributed by atoms with Gasteiger partial charge >= 0.3 is 5.97 Å². The molecule has 0 aliphatic carbocycles. The van der Waals surface area contributed by atoms with E-state index in [9.17, 15) is 4.79 Å². The zero-order valence-corrected chi connectivity index (χ0v) is 15.1. The molecule has 3 aromatic rings. The number of hydrogen-bond donors (Lipinski definition) is 1. The predicted octanol–water partition coefficient (Wildman–Crippen LogP) is 2.53. The van der Waals surface area contributed by atoms with E-state index in [2.05, 4.69) is 21.3 Å². The van der Waals surface area contributed by atoms with Gasteiger partial charge in [0.15, 0.2) is 0 Å². The average molecular weight is 365 g/mol. The molecule has 0 bridgehead atoms.